The van der Waals surface area contributed by atoms with Crippen LogP contribution in [0.5, 0.6) is 0 Å². The number of likely N-dealkylation sites (N-methyl/N-ethyl adjacent to an activating group) is 1. The zero-order valence-electron chi connectivity index (χ0n) is 13.8. The van der Waals surface area contributed by atoms with E-state index in [0.717, 1.165) is 40.9 Å². The van der Waals surface area contributed by atoms with Crippen LogP contribution in [-0.2, 0) is 0 Å². The standard InChI is InChI=1S/C18H20N4.2BrH/c1-22(2)12-11-20-18-13-17(14-7-9-19-10-8-14)21-16-6-4-3-5-15(16)18;;/h3-10,13H,11-12H2,1-2H3,(H,20,21);2*1H. The van der Waals surface area contributed by atoms with Crippen molar-refractivity contribution in [1.82, 2.24) is 14.9 Å². The minimum absolute atomic E-state index is 0. The summed E-state index contributed by atoms with van der Waals surface area (Å²) in [6, 6.07) is 14.3. The Hall–Kier alpha value is -1.50. The van der Waals surface area contributed by atoms with Gasteiger partial charge in [-0.3, -0.25) is 4.98 Å². The van der Waals surface area contributed by atoms with Crippen molar-refractivity contribution in [3.05, 3.63) is 54.9 Å². The molecule has 6 heteroatoms. The van der Waals surface area contributed by atoms with Crippen molar-refractivity contribution >= 4 is 50.6 Å². The van der Waals surface area contributed by atoms with Crippen LogP contribution in [0.4, 0.5) is 5.69 Å². The van der Waals surface area contributed by atoms with E-state index in [4.69, 9.17) is 4.98 Å². The lowest BCUT2D eigenvalue weighted by molar-refractivity contribution is 0.425. The van der Waals surface area contributed by atoms with Gasteiger partial charge in [-0.25, -0.2) is 4.98 Å². The number of anilines is 1. The van der Waals surface area contributed by atoms with E-state index in [0.29, 0.717) is 0 Å². The second-order valence-corrected chi connectivity index (χ2v) is 5.54. The number of hydrogen-bond acceptors (Lipinski definition) is 4. The Balaban J connectivity index is 0.00000144. The Morgan fingerprint density at radius 2 is 1.71 bits per heavy atom. The van der Waals surface area contributed by atoms with Crippen molar-refractivity contribution in [1.29, 1.82) is 0 Å². The molecule has 0 spiro atoms. The second-order valence-electron chi connectivity index (χ2n) is 5.54. The maximum Gasteiger partial charge on any atom is 0.0731 e. The lowest BCUT2D eigenvalue weighted by Crippen LogP contribution is -2.20. The van der Waals surface area contributed by atoms with Gasteiger partial charge in [0, 0.05) is 42.1 Å². The van der Waals surface area contributed by atoms with Gasteiger partial charge in [-0.15, -0.1) is 34.0 Å². The Kier molecular flexibility index (Phi) is 8.31. The third-order valence-electron chi connectivity index (χ3n) is 3.57. The van der Waals surface area contributed by atoms with E-state index in [9.17, 15) is 0 Å². The highest BCUT2D eigenvalue weighted by Crippen LogP contribution is 2.27. The number of pyridine rings is 2. The number of nitrogens with one attached hydrogen (secondary N) is 1. The van der Waals surface area contributed by atoms with Crippen molar-refractivity contribution < 1.29 is 0 Å². The predicted molar refractivity (Wildman–Crippen MR) is 113 cm³/mol. The molecular weight excluding hydrogens is 432 g/mol. The zero-order valence-corrected chi connectivity index (χ0v) is 17.2. The van der Waals surface area contributed by atoms with Crippen molar-refractivity contribution in [2.24, 2.45) is 0 Å². The Bertz CT molecular complexity index is 763. The average molecular weight is 454 g/mol. The fraction of sp³-hybridized carbons (Fsp3) is 0.222. The number of fused-ring (bicyclic) bond motifs is 1. The summed E-state index contributed by atoms with van der Waals surface area (Å²) in [5.41, 5.74) is 4.17. The molecule has 2 heterocycles. The van der Waals surface area contributed by atoms with E-state index >= 15 is 0 Å². The number of hydrogen-bond donors (Lipinski definition) is 1. The van der Waals surface area contributed by atoms with Crippen LogP contribution < -0.4 is 5.32 Å². The number of rotatable bonds is 5. The summed E-state index contributed by atoms with van der Waals surface area (Å²) in [6.07, 6.45) is 3.59. The quantitative estimate of drug-likeness (QED) is 0.620. The minimum atomic E-state index is 0. The first-order chi connectivity index (χ1) is 10.7. The van der Waals surface area contributed by atoms with Crippen molar-refractivity contribution in [2.75, 3.05) is 32.5 Å². The summed E-state index contributed by atoms with van der Waals surface area (Å²) < 4.78 is 0. The Morgan fingerprint density at radius 3 is 2.42 bits per heavy atom. The van der Waals surface area contributed by atoms with Gasteiger partial charge in [0.25, 0.3) is 0 Å². The van der Waals surface area contributed by atoms with E-state index in [1.165, 1.54) is 0 Å². The summed E-state index contributed by atoms with van der Waals surface area (Å²) in [6.45, 7) is 1.89. The van der Waals surface area contributed by atoms with Crippen LogP contribution in [0, 0.1) is 0 Å². The van der Waals surface area contributed by atoms with Crippen LogP contribution in [0.25, 0.3) is 22.2 Å². The molecule has 4 nitrogen and oxygen atoms in total. The maximum absolute atomic E-state index is 4.77. The van der Waals surface area contributed by atoms with Gasteiger partial charge in [0.1, 0.15) is 0 Å². The monoisotopic (exact) mass is 452 g/mol. The van der Waals surface area contributed by atoms with Crippen LogP contribution in [0.3, 0.4) is 0 Å². The Labute approximate surface area is 163 Å². The molecule has 2 aromatic heterocycles. The van der Waals surface area contributed by atoms with E-state index in [2.05, 4.69) is 47.5 Å². The highest BCUT2D eigenvalue weighted by Gasteiger charge is 2.07. The van der Waals surface area contributed by atoms with Gasteiger partial charge in [-0.2, -0.15) is 0 Å². The molecular formula is C18H22Br2N4. The summed E-state index contributed by atoms with van der Waals surface area (Å²) in [5.74, 6) is 0. The van der Waals surface area contributed by atoms with Crippen molar-refractivity contribution in [3.8, 4) is 11.3 Å². The predicted octanol–water partition coefficient (Wildman–Crippen LogP) is 4.43. The van der Waals surface area contributed by atoms with Gasteiger partial charge in [-0.05, 0) is 38.4 Å². The highest BCUT2D eigenvalue weighted by atomic mass is 79.9. The molecule has 3 rings (SSSR count). The van der Waals surface area contributed by atoms with Gasteiger partial charge >= 0.3 is 0 Å². The smallest absolute Gasteiger partial charge is 0.0731 e. The van der Waals surface area contributed by atoms with Crippen LogP contribution in [0.2, 0.25) is 0 Å². The van der Waals surface area contributed by atoms with Crippen molar-refractivity contribution in [2.45, 2.75) is 0 Å². The molecule has 1 aromatic carbocycles. The fourth-order valence-electron chi connectivity index (χ4n) is 2.41. The van der Waals surface area contributed by atoms with Crippen LogP contribution in [0.1, 0.15) is 0 Å². The van der Waals surface area contributed by atoms with E-state index in [1.807, 2.05) is 24.3 Å². The van der Waals surface area contributed by atoms with Gasteiger partial charge in [0.15, 0.2) is 0 Å². The van der Waals surface area contributed by atoms with Gasteiger partial charge in [-0.1, -0.05) is 18.2 Å². The molecule has 0 bridgehead atoms. The molecule has 3 aromatic rings. The summed E-state index contributed by atoms with van der Waals surface area (Å²) in [4.78, 5) is 11.0. The normalized spacial score (nSPS) is 10.1. The SMILES string of the molecule is Br.Br.CN(C)CCNc1cc(-c2ccncc2)nc2ccccc12. The molecule has 0 amide bonds. The van der Waals surface area contributed by atoms with Crippen LogP contribution in [0.15, 0.2) is 54.9 Å². The molecule has 0 saturated heterocycles. The lowest BCUT2D eigenvalue weighted by atomic mass is 10.1. The second kappa shape index (κ2) is 9.71. The third-order valence-corrected chi connectivity index (χ3v) is 3.57. The van der Waals surface area contributed by atoms with Gasteiger partial charge < -0.3 is 10.2 Å². The summed E-state index contributed by atoms with van der Waals surface area (Å²) >= 11 is 0. The molecule has 0 aliphatic rings. The molecule has 0 aliphatic heterocycles. The molecule has 1 N–H and O–H groups in total. The topological polar surface area (TPSA) is 41.0 Å². The van der Waals surface area contributed by atoms with Gasteiger partial charge in [0.2, 0.25) is 0 Å². The summed E-state index contributed by atoms with van der Waals surface area (Å²) in [7, 11) is 4.16. The molecule has 0 unspecified atom stereocenters. The third kappa shape index (κ3) is 5.00. The number of benzene rings is 1. The number of nitrogens with zero attached hydrogens (tertiary/aromatic N) is 3. The summed E-state index contributed by atoms with van der Waals surface area (Å²) in [5, 5.41) is 4.68. The minimum Gasteiger partial charge on any atom is -0.383 e. The molecule has 0 aliphatic carbocycles. The molecule has 0 fully saturated rings. The largest absolute Gasteiger partial charge is 0.383 e. The van der Waals surface area contributed by atoms with Gasteiger partial charge in [0.05, 0.1) is 11.2 Å². The average Bonchev–Trinajstić information content (AvgIpc) is 2.55. The molecule has 128 valence electrons. The molecule has 0 saturated carbocycles. The molecule has 24 heavy (non-hydrogen) atoms. The van der Waals surface area contributed by atoms with Crippen LogP contribution in [-0.4, -0.2) is 42.1 Å². The fourth-order valence-corrected chi connectivity index (χ4v) is 2.41. The first kappa shape index (κ1) is 20.5. The lowest BCUT2D eigenvalue weighted by Gasteiger charge is -2.14. The van der Waals surface area contributed by atoms with E-state index in [1.54, 1.807) is 12.4 Å². The number of aromatic nitrogens is 2. The van der Waals surface area contributed by atoms with Crippen LogP contribution >= 0.6 is 34.0 Å². The number of halogens is 2. The maximum atomic E-state index is 4.77. The first-order valence-electron chi connectivity index (χ1n) is 7.43. The zero-order chi connectivity index (χ0) is 15.4. The molecule has 0 atom stereocenters. The number of para-hydroxylation sites is 1. The highest BCUT2D eigenvalue weighted by molar-refractivity contribution is 8.93. The van der Waals surface area contributed by atoms with Crippen molar-refractivity contribution in [3.63, 3.8) is 0 Å². The molecule has 0 radical (unpaired) electrons. The van der Waals surface area contributed by atoms with E-state index < -0.39 is 0 Å². The van der Waals surface area contributed by atoms with E-state index in [-0.39, 0.29) is 34.0 Å². The Morgan fingerprint density at radius 1 is 1.00 bits per heavy atom. The first-order valence-corrected chi connectivity index (χ1v) is 7.43.